The van der Waals surface area contributed by atoms with Gasteiger partial charge in [0.15, 0.2) is 5.54 Å². The minimum atomic E-state index is -1.33. The largest absolute Gasteiger partial charge is 0.487 e. The Morgan fingerprint density at radius 2 is 2.05 bits per heavy atom. The van der Waals surface area contributed by atoms with E-state index >= 15 is 0 Å². The molecule has 1 unspecified atom stereocenters. The lowest BCUT2D eigenvalue weighted by atomic mass is 9.77. The topological polar surface area (TPSA) is 111 Å². The van der Waals surface area contributed by atoms with Crippen LogP contribution in [0.3, 0.4) is 0 Å². The molecule has 1 fully saturated rings. The molecule has 8 heteroatoms. The van der Waals surface area contributed by atoms with E-state index in [1.807, 2.05) is 0 Å². The van der Waals surface area contributed by atoms with Crippen LogP contribution in [0.25, 0.3) is 0 Å². The number of hydrogen-bond acceptors (Lipinski definition) is 5. The highest BCUT2D eigenvalue weighted by atomic mass is 16.6. The van der Waals surface area contributed by atoms with Crippen LogP contribution in [-0.4, -0.2) is 22.5 Å². The first-order chi connectivity index (χ1) is 9.73. The number of carbonyl (C=O) groups excluding carboxylic acids is 2. The van der Waals surface area contributed by atoms with Crippen LogP contribution in [0.2, 0.25) is 0 Å². The standard InChI is InChI=1S/C13H13N3O5/c1-12(2)6-13(10(17)14-11(18)15-13)8-5-7(16(19)20)3-4-9(8)21-12/h3-5H,6H2,1-2H3,(H2,14,15,17,18). The second kappa shape index (κ2) is 3.94. The second-order valence-electron chi connectivity index (χ2n) is 5.79. The number of hydrogen-bond donors (Lipinski definition) is 2. The van der Waals surface area contributed by atoms with E-state index in [2.05, 4.69) is 10.6 Å². The van der Waals surface area contributed by atoms with Crippen molar-refractivity contribution in [1.29, 1.82) is 0 Å². The van der Waals surface area contributed by atoms with Gasteiger partial charge < -0.3 is 10.1 Å². The van der Waals surface area contributed by atoms with Crippen LogP contribution in [0, 0.1) is 10.1 Å². The van der Waals surface area contributed by atoms with Gasteiger partial charge >= 0.3 is 6.03 Å². The van der Waals surface area contributed by atoms with Gasteiger partial charge in [-0.05, 0) is 19.9 Å². The zero-order valence-electron chi connectivity index (χ0n) is 11.4. The van der Waals surface area contributed by atoms with E-state index in [4.69, 9.17) is 4.74 Å². The Bertz CT molecular complexity index is 684. The highest BCUT2D eigenvalue weighted by molar-refractivity contribution is 6.08. The number of non-ortho nitro benzene ring substituents is 1. The fourth-order valence-corrected chi connectivity index (χ4v) is 2.93. The fraction of sp³-hybridized carbons (Fsp3) is 0.385. The van der Waals surface area contributed by atoms with Crippen LogP contribution in [0.5, 0.6) is 5.75 Å². The molecule has 2 aliphatic rings. The Balaban J connectivity index is 2.23. The van der Waals surface area contributed by atoms with Crippen LogP contribution in [-0.2, 0) is 10.3 Å². The van der Waals surface area contributed by atoms with Crippen LogP contribution in [0.15, 0.2) is 18.2 Å². The molecule has 0 aliphatic carbocycles. The summed E-state index contributed by atoms with van der Waals surface area (Å²) in [6.07, 6.45) is 0.186. The summed E-state index contributed by atoms with van der Waals surface area (Å²) in [4.78, 5) is 34.2. The molecule has 110 valence electrons. The second-order valence-corrected chi connectivity index (χ2v) is 5.79. The summed E-state index contributed by atoms with van der Waals surface area (Å²) in [5.74, 6) is -0.167. The van der Waals surface area contributed by atoms with Gasteiger partial charge in [-0.3, -0.25) is 20.2 Å². The number of urea groups is 1. The quantitative estimate of drug-likeness (QED) is 0.458. The molecule has 1 saturated heterocycles. The van der Waals surface area contributed by atoms with Crippen molar-refractivity contribution in [3.8, 4) is 5.75 Å². The summed E-state index contributed by atoms with van der Waals surface area (Å²) in [5, 5.41) is 15.7. The number of rotatable bonds is 1. The number of fused-ring (bicyclic) bond motifs is 2. The number of carbonyl (C=O) groups is 2. The first-order valence-electron chi connectivity index (χ1n) is 6.35. The van der Waals surface area contributed by atoms with E-state index in [0.717, 1.165) is 0 Å². The molecule has 0 bridgehead atoms. The molecule has 1 atom stereocenters. The third-order valence-corrected chi connectivity index (χ3v) is 3.65. The highest BCUT2D eigenvalue weighted by Gasteiger charge is 2.55. The zero-order chi connectivity index (χ0) is 15.4. The summed E-state index contributed by atoms with van der Waals surface area (Å²) in [6, 6.07) is 3.42. The smallest absolute Gasteiger partial charge is 0.322 e. The van der Waals surface area contributed by atoms with Crippen LogP contribution >= 0.6 is 0 Å². The lowest BCUT2D eigenvalue weighted by Gasteiger charge is -2.41. The van der Waals surface area contributed by atoms with E-state index in [-0.39, 0.29) is 12.1 Å². The van der Waals surface area contributed by atoms with E-state index in [1.165, 1.54) is 18.2 Å². The summed E-state index contributed by atoms with van der Waals surface area (Å²) in [7, 11) is 0. The monoisotopic (exact) mass is 291 g/mol. The van der Waals surface area contributed by atoms with E-state index in [1.54, 1.807) is 13.8 Å². The van der Waals surface area contributed by atoms with E-state index in [9.17, 15) is 19.7 Å². The van der Waals surface area contributed by atoms with Gasteiger partial charge in [-0.2, -0.15) is 0 Å². The number of ether oxygens (including phenoxy) is 1. The summed E-state index contributed by atoms with van der Waals surface area (Å²) < 4.78 is 5.77. The molecule has 1 spiro atoms. The first kappa shape index (κ1) is 13.3. The van der Waals surface area contributed by atoms with Gasteiger partial charge in [0, 0.05) is 24.1 Å². The molecular formula is C13H13N3O5. The molecule has 2 N–H and O–H groups in total. The first-order valence-corrected chi connectivity index (χ1v) is 6.35. The van der Waals surface area contributed by atoms with Crippen molar-refractivity contribution in [2.45, 2.75) is 31.4 Å². The molecule has 0 aromatic heterocycles. The Morgan fingerprint density at radius 3 is 2.62 bits per heavy atom. The minimum absolute atomic E-state index is 0.162. The van der Waals surface area contributed by atoms with Crippen molar-refractivity contribution in [2.75, 3.05) is 0 Å². The van der Waals surface area contributed by atoms with E-state index in [0.29, 0.717) is 11.3 Å². The number of imide groups is 1. The van der Waals surface area contributed by atoms with E-state index < -0.39 is 28.0 Å². The van der Waals surface area contributed by atoms with Gasteiger partial charge in [-0.15, -0.1) is 0 Å². The van der Waals surface area contributed by atoms with Gasteiger partial charge in [0.2, 0.25) is 0 Å². The van der Waals surface area contributed by atoms with Gasteiger partial charge in [0.1, 0.15) is 11.4 Å². The molecule has 2 heterocycles. The lowest BCUT2D eigenvalue weighted by Crippen LogP contribution is -2.53. The molecule has 1 aromatic rings. The number of amides is 3. The molecule has 21 heavy (non-hydrogen) atoms. The molecular weight excluding hydrogens is 278 g/mol. The van der Waals surface area contributed by atoms with Crippen LogP contribution in [0.4, 0.5) is 10.5 Å². The molecule has 0 radical (unpaired) electrons. The average molecular weight is 291 g/mol. The SMILES string of the molecule is CC1(C)CC2(NC(=O)NC2=O)c2cc([N+](=O)[O-])ccc2O1. The number of nitro benzene ring substituents is 1. The van der Waals surface area contributed by atoms with Crippen molar-refractivity contribution in [3.63, 3.8) is 0 Å². The minimum Gasteiger partial charge on any atom is -0.487 e. The van der Waals surface area contributed by atoms with Crippen molar-refractivity contribution in [1.82, 2.24) is 10.6 Å². The van der Waals surface area contributed by atoms with Crippen LogP contribution in [0.1, 0.15) is 25.8 Å². The highest BCUT2D eigenvalue weighted by Crippen LogP contribution is 2.46. The van der Waals surface area contributed by atoms with Gasteiger partial charge in [0.25, 0.3) is 11.6 Å². The van der Waals surface area contributed by atoms with Gasteiger partial charge in [0.05, 0.1) is 4.92 Å². The Labute approximate surface area is 119 Å². The van der Waals surface area contributed by atoms with Gasteiger partial charge in [-0.25, -0.2) is 4.79 Å². The summed E-state index contributed by atoms with van der Waals surface area (Å²) in [5.41, 5.74) is -1.89. The summed E-state index contributed by atoms with van der Waals surface area (Å²) >= 11 is 0. The maximum Gasteiger partial charge on any atom is 0.322 e. The Kier molecular flexibility index (Phi) is 2.50. The number of nitrogens with one attached hydrogen (secondary N) is 2. The molecule has 2 aliphatic heterocycles. The molecule has 1 aromatic carbocycles. The normalized spacial score (nSPS) is 25.8. The lowest BCUT2D eigenvalue weighted by molar-refractivity contribution is -0.385. The van der Waals surface area contributed by atoms with Crippen molar-refractivity contribution in [3.05, 3.63) is 33.9 Å². The average Bonchev–Trinajstić information content (AvgIpc) is 2.62. The Morgan fingerprint density at radius 1 is 1.33 bits per heavy atom. The molecule has 8 nitrogen and oxygen atoms in total. The number of nitro groups is 1. The van der Waals surface area contributed by atoms with Crippen molar-refractivity contribution < 1.29 is 19.2 Å². The molecule has 3 amide bonds. The van der Waals surface area contributed by atoms with Crippen molar-refractivity contribution in [2.24, 2.45) is 0 Å². The number of benzene rings is 1. The molecule has 0 saturated carbocycles. The fourth-order valence-electron chi connectivity index (χ4n) is 2.93. The number of nitrogens with zero attached hydrogens (tertiary/aromatic N) is 1. The Hall–Kier alpha value is -2.64. The maximum absolute atomic E-state index is 12.3. The molecule has 3 rings (SSSR count). The van der Waals surface area contributed by atoms with Crippen molar-refractivity contribution >= 4 is 17.6 Å². The third-order valence-electron chi connectivity index (χ3n) is 3.65. The predicted molar refractivity (Wildman–Crippen MR) is 70.8 cm³/mol. The zero-order valence-corrected chi connectivity index (χ0v) is 11.4. The van der Waals surface area contributed by atoms with Crippen LogP contribution < -0.4 is 15.4 Å². The maximum atomic E-state index is 12.3. The summed E-state index contributed by atoms with van der Waals surface area (Å²) in [6.45, 7) is 3.58. The van der Waals surface area contributed by atoms with Gasteiger partial charge in [-0.1, -0.05) is 0 Å². The predicted octanol–water partition coefficient (Wildman–Crippen LogP) is 1.19. The third kappa shape index (κ3) is 1.91.